The number of carbonyl (C=O) groups is 1. The summed E-state index contributed by atoms with van der Waals surface area (Å²) in [6, 6.07) is 22.4. The van der Waals surface area contributed by atoms with Gasteiger partial charge in [0.1, 0.15) is 12.4 Å². The van der Waals surface area contributed by atoms with Gasteiger partial charge in [-0.3, -0.25) is 4.72 Å². The van der Waals surface area contributed by atoms with Crippen LogP contribution in [0.2, 0.25) is 0 Å². The van der Waals surface area contributed by atoms with E-state index >= 15 is 0 Å². The average Bonchev–Trinajstić information content (AvgIpc) is 3.37. The lowest BCUT2D eigenvalue weighted by Crippen LogP contribution is -2.42. The van der Waals surface area contributed by atoms with Crippen molar-refractivity contribution in [1.82, 2.24) is 14.8 Å². The number of β-amino-alcohol motifs (C(OH)–C–C–N with tert-alkyl or cyclic N) is 1. The first-order valence-electron chi connectivity index (χ1n) is 14.1. The summed E-state index contributed by atoms with van der Waals surface area (Å²) < 4.78 is 40.5. The minimum absolute atomic E-state index is 0.171. The van der Waals surface area contributed by atoms with Crippen LogP contribution < -0.4 is 14.8 Å². The summed E-state index contributed by atoms with van der Waals surface area (Å²) in [6.45, 7) is 6.04. The molecule has 0 aliphatic heterocycles. The normalized spacial score (nSPS) is 12.8. The molecule has 0 bridgehead atoms. The number of ether oxygens (including phenoxy) is 2. The van der Waals surface area contributed by atoms with Crippen LogP contribution in [0.25, 0.3) is 10.9 Å². The summed E-state index contributed by atoms with van der Waals surface area (Å²) >= 11 is 0. The van der Waals surface area contributed by atoms with E-state index in [1.807, 2.05) is 43.4 Å². The molecule has 4 aromatic rings. The number of hydrogen-bond donors (Lipinski definition) is 3. The smallest absolute Gasteiger partial charge is 0.433 e. The zero-order valence-corrected chi connectivity index (χ0v) is 25.8. The monoisotopic (exact) mass is 608 g/mol. The Labute approximate surface area is 253 Å². The summed E-state index contributed by atoms with van der Waals surface area (Å²) in [4.78, 5) is 14.0. The van der Waals surface area contributed by atoms with E-state index in [1.54, 1.807) is 48.5 Å². The number of aryl methyl sites for hydroxylation is 1. The van der Waals surface area contributed by atoms with Crippen molar-refractivity contribution in [2.24, 2.45) is 0 Å². The Bertz CT molecular complexity index is 1620. The molecule has 0 unspecified atom stereocenters. The Balaban J connectivity index is 1.29. The van der Waals surface area contributed by atoms with E-state index < -0.39 is 22.3 Å². The molecule has 3 aromatic carbocycles. The maximum absolute atomic E-state index is 12.7. The number of nitrogens with one attached hydrogen (secondary N) is 2. The molecule has 0 fully saturated rings. The number of aliphatic hydroxyl groups excluding tert-OH is 1. The Morgan fingerprint density at radius 1 is 1.02 bits per heavy atom. The van der Waals surface area contributed by atoms with Crippen LogP contribution in [0.5, 0.6) is 5.75 Å². The van der Waals surface area contributed by atoms with Crippen LogP contribution >= 0.6 is 0 Å². The Kier molecular flexibility index (Phi) is 10.5. The minimum Gasteiger partial charge on any atom is -0.433 e. The van der Waals surface area contributed by atoms with E-state index in [4.69, 9.17) is 9.47 Å². The van der Waals surface area contributed by atoms with E-state index in [0.29, 0.717) is 30.1 Å². The molecule has 0 amide bonds. The lowest BCUT2D eigenvalue weighted by molar-refractivity contribution is 0.0928. The number of sulfonamides is 1. The van der Waals surface area contributed by atoms with Gasteiger partial charge in [-0.2, -0.15) is 0 Å². The number of benzene rings is 3. The molecule has 1 atom stereocenters. The third-order valence-corrected chi connectivity index (χ3v) is 8.43. The first kappa shape index (κ1) is 32.0. The van der Waals surface area contributed by atoms with Crippen molar-refractivity contribution in [3.8, 4) is 5.75 Å². The first-order valence-corrected chi connectivity index (χ1v) is 15.6. The molecule has 230 valence electrons. The zero-order chi connectivity index (χ0) is 31.0. The molecule has 11 heteroatoms. The number of carbonyl (C=O) groups excluding carboxylic acids is 1. The van der Waals surface area contributed by atoms with Crippen LogP contribution in [-0.4, -0.2) is 68.5 Å². The number of anilines is 1. The molecule has 43 heavy (non-hydrogen) atoms. The largest absolute Gasteiger partial charge is 0.513 e. The molecule has 3 N–H and O–H groups in total. The van der Waals surface area contributed by atoms with E-state index in [1.165, 1.54) is 12.1 Å². The van der Waals surface area contributed by atoms with Crippen molar-refractivity contribution in [1.29, 1.82) is 0 Å². The highest BCUT2D eigenvalue weighted by molar-refractivity contribution is 7.92. The maximum Gasteiger partial charge on any atom is 0.513 e. The molecule has 0 saturated carbocycles. The second-order valence-corrected chi connectivity index (χ2v) is 13.0. The highest BCUT2D eigenvalue weighted by Crippen LogP contribution is 2.25. The third-order valence-electron chi connectivity index (χ3n) is 7.03. The maximum atomic E-state index is 12.7. The van der Waals surface area contributed by atoms with Gasteiger partial charge in [0.25, 0.3) is 10.0 Å². The lowest BCUT2D eigenvalue weighted by Gasteiger charge is -2.28. The number of fused-ring (bicyclic) bond motifs is 1. The van der Waals surface area contributed by atoms with Crippen LogP contribution in [0.15, 0.2) is 90.0 Å². The topological polar surface area (TPSA) is 122 Å². The molecule has 0 saturated heterocycles. The molecular weight excluding hydrogens is 568 g/mol. The van der Waals surface area contributed by atoms with Gasteiger partial charge in [-0.15, -0.1) is 0 Å². The summed E-state index contributed by atoms with van der Waals surface area (Å²) in [6.07, 6.45) is 1.21. The molecule has 1 heterocycles. The van der Waals surface area contributed by atoms with Crippen LogP contribution in [0.3, 0.4) is 0 Å². The lowest BCUT2D eigenvalue weighted by atomic mass is 9.99. The van der Waals surface area contributed by atoms with Gasteiger partial charge < -0.3 is 29.4 Å². The number of likely N-dealkylation sites (N-methyl/N-ethyl adjacent to an activating group) is 1. The van der Waals surface area contributed by atoms with Crippen molar-refractivity contribution >= 4 is 32.8 Å². The Hall–Kier alpha value is -3.90. The van der Waals surface area contributed by atoms with Gasteiger partial charge in [0.15, 0.2) is 0 Å². The SMILES string of the molecule is CN(C)CCOC(=O)Oc1ccc2c(ccn2CCC(C)(C)NC[C@H](O)c2cccc(NS(=O)(=O)c3ccccc3)c2)c1. The minimum atomic E-state index is -3.73. The fourth-order valence-electron chi connectivity index (χ4n) is 4.48. The molecule has 0 spiro atoms. The number of aliphatic hydroxyl groups is 1. The van der Waals surface area contributed by atoms with Gasteiger partial charge in [-0.25, -0.2) is 13.2 Å². The average molecular weight is 609 g/mol. The summed E-state index contributed by atoms with van der Waals surface area (Å²) in [5.41, 5.74) is 1.70. The molecule has 4 rings (SSSR count). The van der Waals surface area contributed by atoms with Crippen LogP contribution in [0.1, 0.15) is 31.9 Å². The Morgan fingerprint density at radius 2 is 1.79 bits per heavy atom. The standard InChI is InChI=1S/C32H40N4O6S/c1-32(2,16-18-36-17-15-24-22-27(13-14-29(24)36)42-31(38)41-20-19-35(3)4)33-23-30(37)25-9-8-10-26(21-25)34-43(39,40)28-11-6-5-7-12-28/h5-15,17,21-22,30,33-34,37H,16,18-20,23H2,1-4H3/t30-/m0/s1. The molecule has 0 aliphatic carbocycles. The highest BCUT2D eigenvalue weighted by Gasteiger charge is 2.21. The van der Waals surface area contributed by atoms with E-state index in [2.05, 4.69) is 28.5 Å². The zero-order valence-electron chi connectivity index (χ0n) is 25.0. The molecule has 0 aliphatic rings. The molecule has 10 nitrogen and oxygen atoms in total. The predicted molar refractivity (Wildman–Crippen MR) is 168 cm³/mol. The fraction of sp³-hybridized carbons (Fsp3) is 0.344. The summed E-state index contributed by atoms with van der Waals surface area (Å²) in [5, 5.41) is 15.3. The van der Waals surface area contributed by atoms with Crippen LogP contribution in [0.4, 0.5) is 10.5 Å². The van der Waals surface area contributed by atoms with Gasteiger partial charge in [0.2, 0.25) is 0 Å². The van der Waals surface area contributed by atoms with Gasteiger partial charge in [0, 0.05) is 48.0 Å². The Morgan fingerprint density at radius 3 is 2.53 bits per heavy atom. The number of nitrogens with zero attached hydrogens (tertiary/aromatic N) is 2. The fourth-order valence-corrected chi connectivity index (χ4v) is 5.55. The van der Waals surface area contributed by atoms with Gasteiger partial charge in [0.05, 0.1) is 11.0 Å². The van der Waals surface area contributed by atoms with E-state index in [9.17, 15) is 18.3 Å². The van der Waals surface area contributed by atoms with Crippen molar-refractivity contribution in [2.45, 2.75) is 43.4 Å². The van der Waals surface area contributed by atoms with Crippen molar-refractivity contribution in [3.05, 3.63) is 90.6 Å². The molecule has 0 radical (unpaired) electrons. The number of rotatable bonds is 14. The van der Waals surface area contributed by atoms with Crippen molar-refractivity contribution in [3.63, 3.8) is 0 Å². The van der Waals surface area contributed by atoms with Crippen molar-refractivity contribution < 1.29 is 27.8 Å². The number of aromatic nitrogens is 1. The number of hydrogen-bond acceptors (Lipinski definition) is 8. The van der Waals surface area contributed by atoms with Crippen molar-refractivity contribution in [2.75, 3.05) is 38.5 Å². The van der Waals surface area contributed by atoms with E-state index in [-0.39, 0.29) is 17.0 Å². The quantitative estimate of drug-likeness (QED) is 0.135. The van der Waals surface area contributed by atoms with E-state index in [0.717, 1.165) is 23.9 Å². The van der Waals surface area contributed by atoms with Gasteiger partial charge in [-0.05, 0) is 88.5 Å². The van der Waals surface area contributed by atoms with Gasteiger partial charge in [-0.1, -0.05) is 30.3 Å². The molecular formula is C32H40N4O6S. The second-order valence-electron chi connectivity index (χ2n) is 11.3. The summed E-state index contributed by atoms with van der Waals surface area (Å²) in [5.74, 6) is 0.424. The van der Waals surface area contributed by atoms with Crippen LogP contribution in [0, 0.1) is 0 Å². The predicted octanol–water partition coefficient (Wildman–Crippen LogP) is 5.01. The summed E-state index contributed by atoms with van der Waals surface area (Å²) in [7, 11) is 0.0719. The second kappa shape index (κ2) is 14.0. The first-order chi connectivity index (χ1) is 20.4. The highest BCUT2D eigenvalue weighted by atomic mass is 32.2. The molecule has 1 aromatic heterocycles. The third kappa shape index (κ3) is 9.29. The van der Waals surface area contributed by atoms with Gasteiger partial charge >= 0.3 is 6.16 Å². The van der Waals surface area contributed by atoms with Crippen LogP contribution in [-0.2, 0) is 21.3 Å².